The number of rotatable bonds is 2. The van der Waals surface area contributed by atoms with Crippen LogP contribution >= 0.6 is 0 Å². The van der Waals surface area contributed by atoms with Crippen molar-refractivity contribution < 1.29 is 4.79 Å². The molecule has 1 aliphatic carbocycles. The molecule has 0 saturated carbocycles. The number of allylic oxidation sites excluding steroid dienone is 4. The maximum absolute atomic E-state index is 12.3. The highest BCUT2D eigenvalue weighted by atomic mass is 16.2. The van der Waals surface area contributed by atoms with E-state index in [9.17, 15) is 4.79 Å². The molecule has 1 aromatic carbocycles. The van der Waals surface area contributed by atoms with Gasteiger partial charge in [-0.3, -0.25) is 4.79 Å². The smallest absolute Gasteiger partial charge is 0.229 e. The number of hydrogen-bond acceptors (Lipinski definition) is 1. The van der Waals surface area contributed by atoms with Gasteiger partial charge in [0.2, 0.25) is 5.91 Å². The van der Waals surface area contributed by atoms with Gasteiger partial charge in [-0.2, -0.15) is 0 Å². The molecule has 0 atom stereocenters. The first-order chi connectivity index (χ1) is 9.71. The maximum atomic E-state index is 12.3. The maximum Gasteiger partial charge on any atom is 0.229 e. The zero-order valence-electron chi connectivity index (χ0n) is 13.9. The van der Waals surface area contributed by atoms with Gasteiger partial charge in [0.25, 0.3) is 0 Å². The largest absolute Gasteiger partial charge is 0.325 e. The summed E-state index contributed by atoms with van der Waals surface area (Å²) in [6, 6.07) is 8.08. The molecule has 1 aromatic rings. The average Bonchev–Trinajstić information content (AvgIpc) is 2.63. The van der Waals surface area contributed by atoms with Crippen LogP contribution in [0.15, 0.2) is 41.0 Å². The lowest BCUT2D eigenvalue weighted by Gasteiger charge is -2.20. The van der Waals surface area contributed by atoms with Crippen LogP contribution in [-0.4, -0.2) is 5.91 Å². The Morgan fingerprint density at radius 1 is 1.05 bits per heavy atom. The molecule has 2 heteroatoms. The molecule has 1 N–H and O–H groups in total. The summed E-state index contributed by atoms with van der Waals surface area (Å²) in [5, 5.41) is 3.09. The quantitative estimate of drug-likeness (QED) is 0.795. The highest BCUT2D eigenvalue weighted by Gasteiger charge is 2.24. The molecule has 0 bridgehead atoms. The first kappa shape index (κ1) is 15.6. The number of amides is 1. The van der Waals surface area contributed by atoms with Crippen LogP contribution in [0.1, 0.15) is 53.5 Å². The van der Waals surface area contributed by atoms with E-state index in [1.54, 1.807) is 0 Å². The summed E-state index contributed by atoms with van der Waals surface area (Å²) in [6.45, 7) is 12.3. The van der Waals surface area contributed by atoms with Crippen LogP contribution < -0.4 is 5.32 Å². The minimum Gasteiger partial charge on any atom is -0.325 e. The second-order valence-electron chi connectivity index (χ2n) is 6.99. The third-order valence-corrected chi connectivity index (χ3v) is 4.10. The van der Waals surface area contributed by atoms with Crippen molar-refractivity contribution in [1.82, 2.24) is 0 Å². The van der Waals surface area contributed by atoms with Crippen molar-refractivity contribution in [3.63, 3.8) is 0 Å². The molecule has 0 spiro atoms. The number of para-hydroxylation sites is 1. The molecule has 0 saturated heterocycles. The van der Waals surface area contributed by atoms with Crippen LogP contribution in [0.5, 0.6) is 0 Å². The first-order valence-electron chi connectivity index (χ1n) is 7.49. The summed E-state index contributed by atoms with van der Waals surface area (Å²) in [7, 11) is 0. The van der Waals surface area contributed by atoms with Gasteiger partial charge in [0.05, 0.1) is 0 Å². The Morgan fingerprint density at radius 3 is 2.19 bits per heavy atom. The van der Waals surface area contributed by atoms with Gasteiger partial charge in [-0.1, -0.05) is 50.1 Å². The van der Waals surface area contributed by atoms with Crippen LogP contribution in [0, 0.1) is 5.41 Å². The Labute approximate surface area is 128 Å². The summed E-state index contributed by atoms with van der Waals surface area (Å²) >= 11 is 0. The van der Waals surface area contributed by atoms with Crippen LogP contribution in [0.4, 0.5) is 5.69 Å². The van der Waals surface area contributed by atoms with E-state index in [-0.39, 0.29) is 5.91 Å². The van der Waals surface area contributed by atoms with E-state index in [0.29, 0.717) is 0 Å². The van der Waals surface area contributed by atoms with Crippen LogP contribution in [0.2, 0.25) is 0 Å². The van der Waals surface area contributed by atoms with Gasteiger partial charge in [-0.05, 0) is 44.4 Å². The second kappa shape index (κ2) is 5.51. The highest BCUT2D eigenvalue weighted by molar-refractivity contribution is 5.99. The molecular formula is C19H25NO. The number of benzene rings is 1. The zero-order chi connectivity index (χ0) is 15.8. The van der Waals surface area contributed by atoms with E-state index in [4.69, 9.17) is 0 Å². The van der Waals surface area contributed by atoms with Gasteiger partial charge in [0, 0.05) is 16.7 Å². The Bertz CT molecular complexity index is 642. The van der Waals surface area contributed by atoms with Crippen LogP contribution in [0.25, 0.3) is 5.57 Å². The lowest BCUT2D eigenvalue weighted by atomic mass is 9.93. The summed E-state index contributed by atoms with van der Waals surface area (Å²) < 4.78 is 0. The molecular weight excluding hydrogens is 258 g/mol. The van der Waals surface area contributed by atoms with E-state index < -0.39 is 5.41 Å². The van der Waals surface area contributed by atoms with Gasteiger partial charge in [-0.15, -0.1) is 0 Å². The fourth-order valence-electron chi connectivity index (χ4n) is 2.70. The predicted molar refractivity (Wildman–Crippen MR) is 90.1 cm³/mol. The van der Waals surface area contributed by atoms with Crippen molar-refractivity contribution in [3.05, 3.63) is 46.5 Å². The molecule has 0 aliphatic heterocycles. The minimum atomic E-state index is -0.396. The molecule has 0 fully saturated rings. The van der Waals surface area contributed by atoms with Crippen molar-refractivity contribution in [2.75, 3.05) is 5.32 Å². The van der Waals surface area contributed by atoms with E-state index in [0.717, 1.165) is 17.7 Å². The number of anilines is 1. The Hall–Kier alpha value is -1.83. The highest BCUT2D eigenvalue weighted by Crippen LogP contribution is 2.40. The Balaban J connectivity index is 2.44. The topological polar surface area (TPSA) is 29.1 Å². The third kappa shape index (κ3) is 3.10. The standard InChI is InChI=1S/C19H25NO/c1-12-11-13(2)17(14(12)3)15-9-7-8-10-16(15)20-18(21)19(4,5)6/h7-10H,11H2,1-6H3,(H,20,21). The fraction of sp³-hybridized carbons (Fsp3) is 0.421. The molecule has 0 aromatic heterocycles. The molecule has 112 valence electrons. The van der Waals surface area contributed by atoms with Crippen molar-refractivity contribution >= 4 is 17.2 Å². The Morgan fingerprint density at radius 2 is 1.67 bits per heavy atom. The van der Waals surface area contributed by atoms with Gasteiger partial charge >= 0.3 is 0 Å². The predicted octanol–water partition coefficient (Wildman–Crippen LogP) is 5.18. The molecule has 21 heavy (non-hydrogen) atoms. The summed E-state index contributed by atoms with van der Waals surface area (Å²) in [5.74, 6) is 0.0459. The zero-order valence-corrected chi connectivity index (χ0v) is 13.9. The summed E-state index contributed by atoms with van der Waals surface area (Å²) in [5.41, 5.74) is 7.06. The van der Waals surface area contributed by atoms with Gasteiger partial charge in [0.15, 0.2) is 0 Å². The van der Waals surface area contributed by atoms with E-state index in [1.807, 2.05) is 39.0 Å². The lowest BCUT2D eigenvalue weighted by Crippen LogP contribution is -2.28. The number of hydrogen-bond donors (Lipinski definition) is 1. The third-order valence-electron chi connectivity index (χ3n) is 4.10. The van der Waals surface area contributed by atoms with Gasteiger partial charge in [-0.25, -0.2) is 0 Å². The molecule has 0 unspecified atom stereocenters. The molecule has 0 heterocycles. The fourth-order valence-corrected chi connectivity index (χ4v) is 2.70. The van der Waals surface area contributed by atoms with E-state index in [1.165, 1.54) is 22.3 Å². The Kier molecular flexibility index (Phi) is 4.08. The van der Waals surface area contributed by atoms with Gasteiger partial charge < -0.3 is 5.32 Å². The lowest BCUT2D eigenvalue weighted by molar-refractivity contribution is -0.123. The van der Waals surface area contributed by atoms with Crippen molar-refractivity contribution in [2.45, 2.75) is 48.0 Å². The van der Waals surface area contributed by atoms with Crippen molar-refractivity contribution in [1.29, 1.82) is 0 Å². The summed E-state index contributed by atoms with van der Waals surface area (Å²) in [4.78, 5) is 12.3. The molecule has 0 radical (unpaired) electrons. The molecule has 2 rings (SSSR count). The SMILES string of the molecule is CC1=C(C)C(c2ccccc2NC(=O)C(C)(C)C)=C(C)C1. The number of nitrogens with one attached hydrogen (secondary N) is 1. The second-order valence-corrected chi connectivity index (χ2v) is 6.99. The molecule has 1 amide bonds. The van der Waals surface area contributed by atoms with E-state index in [2.05, 4.69) is 32.2 Å². The van der Waals surface area contributed by atoms with Crippen molar-refractivity contribution in [3.8, 4) is 0 Å². The minimum absolute atomic E-state index is 0.0459. The average molecular weight is 283 g/mol. The van der Waals surface area contributed by atoms with Crippen LogP contribution in [-0.2, 0) is 4.79 Å². The monoisotopic (exact) mass is 283 g/mol. The molecule has 2 nitrogen and oxygen atoms in total. The normalized spacial score (nSPS) is 15.7. The summed E-state index contributed by atoms with van der Waals surface area (Å²) in [6.07, 6.45) is 1.03. The van der Waals surface area contributed by atoms with Crippen molar-refractivity contribution in [2.24, 2.45) is 5.41 Å². The van der Waals surface area contributed by atoms with Crippen LogP contribution in [0.3, 0.4) is 0 Å². The molecule has 1 aliphatic rings. The van der Waals surface area contributed by atoms with E-state index >= 15 is 0 Å². The first-order valence-corrected chi connectivity index (χ1v) is 7.49. The number of carbonyl (C=O) groups excluding carboxylic acids is 1. The van der Waals surface area contributed by atoms with Gasteiger partial charge in [0.1, 0.15) is 0 Å². The number of carbonyl (C=O) groups is 1.